The molecule has 5 aliphatic rings. The van der Waals surface area contributed by atoms with E-state index in [4.69, 9.17) is 14.2 Å². The minimum absolute atomic E-state index is 0.0768. The van der Waals surface area contributed by atoms with Gasteiger partial charge in [-0.05, 0) is 86.3 Å². The molecule has 296 valence electrons. The van der Waals surface area contributed by atoms with E-state index in [1.807, 2.05) is 50.3 Å². The molecule has 7 rings (SSSR count). The predicted octanol–water partition coefficient (Wildman–Crippen LogP) is 6.07. The van der Waals surface area contributed by atoms with Crippen molar-refractivity contribution in [2.24, 2.45) is 22.7 Å². The maximum absolute atomic E-state index is 14.7. The number of aromatic nitrogens is 1. The molecule has 2 saturated carbocycles. The average Bonchev–Trinajstić information content (AvgIpc) is 4.07. The fourth-order valence-corrected chi connectivity index (χ4v) is 9.75. The number of carbonyl (C=O) groups is 4. The Hall–Kier alpha value is -4.26. The van der Waals surface area contributed by atoms with Gasteiger partial charge in [0.15, 0.2) is 5.78 Å². The number of carbonyl (C=O) groups excluding carboxylic acids is 4. The van der Waals surface area contributed by atoms with Crippen LogP contribution in [-0.2, 0) is 33.9 Å². The highest BCUT2D eigenvalue weighted by atomic mass is 32.2. The largest absolute Gasteiger partial charge is 0.496 e. The number of hydrogen-bond acceptors (Lipinski definition) is 10. The molecule has 1 aromatic heterocycles. The molecule has 0 radical (unpaired) electrons. The Balaban J connectivity index is 1.25. The molecule has 55 heavy (non-hydrogen) atoms. The summed E-state index contributed by atoms with van der Waals surface area (Å²) in [5, 5.41) is 1.01. The van der Waals surface area contributed by atoms with Crippen LogP contribution in [0.1, 0.15) is 103 Å². The third-order valence-corrected chi connectivity index (χ3v) is 13.8. The van der Waals surface area contributed by atoms with E-state index in [1.54, 1.807) is 13.3 Å². The number of pyridine rings is 1. The molecule has 1 saturated heterocycles. The summed E-state index contributed by atoms with van der Waals surface area (Å²) < 4.78 is 46.2. The van der Waals surface area contributed by atoms with Crippen molar-refractivity contribution in [2.75, 3.05) is 20.3 Å². The first-order chi connectivity index (χ1) is 26.3. The molecule has 5 bridgehead atoms. The monoisotopic (exact) mass is 775 g/mol. The molecular weight excluding hydrogens is 723 g/mol. The molecule has 1 aromatic carbocycles. The van der Waals surface area contributed by atoms with Crippen molar-refractivity contribution in [1.82, 2.24) is 14.6 Å². The maximum Gasteiger partial charge on any atom is 0.306 e. The van der Waals surface area contributed by atoms with Crippen molar-refractivity contribution < 1.29 is 41.8 Å². The molecule has 5 atom stereocenters. The van der Waals surface area contributed by atoms with Crippen LogP contribution in [0.3, 0.4) is 0 Å². The van der Waals surface area contributed by atoms with Crippen molar-refractivity contribution in [3.63, 3.8) is 0 Å². The summed E-state index contributed by atoms with van der Waals surface area (Å²) in [7, 11) is -2.22. The summed E-state index contributed by atoms with van der Waals surface area (Å²) in [6.45, 7) is 4.37. The molecule has 2 aliphatic carbocycles. The van der Waals surface area contributed by atoms with E-state index in [-0.39, 0.29) is 55.4 Å². The first kappa shape index (κ1) is 39.0. The van der Waals surface area contributed by atoms with E-state index < -0.39 is 50.6 Å². The number of nitrogens with one attached hydrogen (secondary N) is 1. The quantitative estimate of drug-likeness (QED) is 0.286. The van der Waals surface area contributed by atoms with Gasteiger partial charge in [0.25, 0.3) is 0 Å². The number of esters is 1. The summed E-state index contributed by atoms with van der Waals surface area (Å²) in [5.41, 5.74) is -0.714. The third-order valence-electron chi connectivity index (χ3n) is 12.0. The van der Waals surface area contributed by atoms with Crippen LogP contribution >= 0.6 is 0 Å². The molecule has 2 aromatic rings. The minimum Gasteiger partial charge on any atom is -0.496 e. The highest BCUT2D eigenvalue weighted by Gasteiger charge is 2.61. The van der Waals surface area contributed by atoms with Gasteiger partial charge in [0.05, 0.1) is 43.4 Å². The van der Waals surface area contributed by atoms with Crippen molar-refractivity contribution >= 4 is 50.4 Å². The van der Waals surface area contributed by atoms with Crippen molar-refractivity contribution in [3.05, 3.63) is 48.2 Å². The third kappa shape index (κ3) is 8.76. The minimum atomic E-state index is -3.84. The molecule has 2 amide bonds. The van der Waals surface area contributed by atoms with Gasteiger partial charge in [0.2, 0.25) is 27.7 Å². The number of methoxy groups -OCH3 is 1. The van der Waals surface area contributed by atoms with Gasteiger partial charge >= 0.3 is 5.97 Å². The number of ether oxygens (including phenoxy) is 3. The lowest BCUT2D eigenvalue weighted by Gasteiger charge is -2.29. The predicted molar refractivity (Wildman–Crippen MR) is 206 cm³/mol. The van der Waals surface area contributed by atoms with Gasteiger partial charge in [-0.1, -0.05) is 51.0 Å². The lowest BCUT2D eigenvalue weighted by Crippen LogP contribution is -2.46. The van der Waals surface area contributed by atoms with Crippen LogP contribution < -0.4 is 14.2 Å². The standard InChI is InChI=1S/C42H53N3O9S/c1-41(2)17-10-9-11-28-19-33-27(20-36(28)52-3)16-18-43-38(33)54-31-22-34-35(46)24-42(40(49)44-55(50,51)32-14-15-32)23-30(42)13-8-6-4-5-7-12-29(21-37(47)53-26-41)39(48)45(34)25-31/h8-9,11,13,16,18-20,29-32,34H,4-7,10,12,14-15,17,21-26H2,1-3H3,(H,44,49)/b11-9+,13-8-/t29-,30-,31-,34+,42-/m1/s1. The molecular formula is C42H53N3O9S. The number of hydrogen-bond donors (Lipinski definition) is 1. The number of sulfonamides is 1. The maximum atomic E-state index is 14.7. The average molecular weight is 776 g/mol. The number of fused-ring (bicyclic) bond motifs is 4. The number of nitrogens with zero attached hydrogens (tertiary/aromatic N) is 2. The van der Waals surface area contributed by atoms with Gasteiger partial charge in [-0.15, -0.1) is 0 Å². The zero-order chi connectivity index (χ0) is 39.0. The van der Waals surface area contributed by atoms with Gasteiger partial charge in [0.1, 0.15) is 11.9 Å². The molecule has 3 fully saturated rings. The number of benzene rings is 1. The van der Waals surface area contributed by atoms with Crippen LogP contribution in [0.25, 0.3) is 16.8 Å². The lowest BCUT2D eigenvalue weighted by molar-refractivity contribution is -0.152. The Labute approximate surface area is 323 Å². The van der Waals surface area contributed by atoms with Crippen LogP contribution in [-0.4, -0.2) is 79.5 Å². The Kier molecular flexibility index (Phi) is 11.1. The number of rotatable bonds is 4. The van der Waals surface area contributed by atoms with E-state index in [9.17, 15) is 27.6 Å². The Bertz CT molecular complexity index is 2010. The Morgan fingerprint density at radius 2 is 1.87 bits per heavy atom. The van der Waals surface area contributed by atoms with Crippen molar-refractivity contribution in [3.8, 4) is 11.6 Å². The number of cyclic esters (lactones) is 1. The first-order valence-corrected chi connectivity index (χ1v) is 21.3. The van der Waals surface area contributed by atoms with E-state index in [2.05, 4.69) is 15.8 Å². The van der Waals surface area contributed by atoms with Crippen LogP contribution in [0.15, 0.2) is 42.6 Å². The van der Waals surface area contributed by atoms with E-state index in [1.165, 1.54) is 4.90 Å². The molecule has 4 heterocycles. The molecule has 12 nitrogen and oxygen atoms in total. The summed E-state index contributed by atoms with van der Waals surface area (Å²) in [5.74, 6) is -1.75. The van der Waals surface area contributed by atoms with Crippen molar-refractivity contribution in [1.29, 1.82) is 0 Å². The Morgan fingerprint density at radius 1 is 1.05 bits per heavy atom. The SMILES string of the molecule is COc1cc2ccnc3c2cc1/C=C/CCC(C)(C)COC(=O)C[C@H]1CCCCC/C=C\[C@@H]2C[C@@]2(C(=O)NS(=O)(=O)C2CC2)CC(=O)[C@@H]2C[C@H](CN2C1=O)O3. The molecule has 0 unspecified atom stereocenters. The molecule has 0 spiro atoms. The Morgan fingerprint density at radius 3 is 2.65 bits per heavy atom. The first-order valence-electron chi connectivity index (χ1n) is 19.8. The number of amides is 2. The van der Waals surface area contributed by atoms with Gasteiger partial charge in [0, 0.05) is 35.9 Å². The fourth-order valence-electron chi connectivity index (χ4n) is 8.36. The fraction of sp³-hybridized carbons (Fsp3) is 0.595. The van der Waals surface area contributed by atoms with Gasteiger partial charge in [-0.3, -0.25) is 23.9 Å². The van der Waals surface area contributed by atoms with Gasteiger partial charge in [-0.2, -0.15) is 0 Å². The summed E-state index contributed by atoms with van der Waals surface area (Å²) in [6, 6.07) is 4.82. The van der Waals surface area contributed by atoms with E-state index in [0.29, 0.717) is 43.7 Å². The highest BCUT2D eigenvalue weighted by molar-refractivity contribution is 7.90. The summed E-state index contributed by atoms with van der Waals surface area (Å²) in [6.07, 6.45) is 15.3. The zero-order valence-electron chi connectivity index (χ0n) is 32.1. The van der Waals surface area contributed by atoms with Gasteiger partial charge < -0.3 is 19.1 Å². The molecule has 13 heteroatoms. The smallest absolute Gasteiger partial charge is 0.306 e. The van der Waals surface area contributed by atoms with Crippen LogP contribution in [0.2, 0.25) is 0 Å². The summed E-state index contributed by atoms with van der Waals surface area (Å²) in [4.78, 5) is 62.6. The lowest BCUT2D eigenvalue weighted by atomic mass is 9.88. The van der Waals surface area contributed by atoms with E-state index in [0.717, 1.165) is 48.4 Å². The molecule has 1 N–H and O–H groups in total. The van der Waals surface area contributed by atoms with E-state index >= 15 is 0 Å². The van der Waals surface area contributed by atoms with Crippen LogP contribution in [0, 0.1) is 22.7 Å². The second kappa shape index (κ2) is 15.7. The topological polar surface area (TPSA) is 158 Å². The van der Waals surface area contributed by atoms with Gasteiger partial charge in [-0.25, -0.2) is 13.4 Å². The van der Waals surface area contributed by atoms with Crippen molar-refractivity contribution in [2.45, 2.75) is 115 Å². The second-order valence-electron chi connectivity index (χ2n) is 16.9. The number of Topliss-reactive ketones (excluding diaryl/α,β-unsaturated/α-hetero) is 1. The number of allylic oxidation sites excluding steroid dienone is 3. The number of ketones is 1. The second-order valence-corrected chi connectivity index (χ2v) is 18.9. The van der Waals surface area contributed by atoms with Crippen LogP contribution in [0.4, 0.5) is 0 Å². The zero-order valence-corrected chi connectivity index (χ0v) is 32.9. The van der Waals surface area contributed by atoms with Crippen LogP contribution in [0.5, 0.6) is 11.6 Å². The molecule has 3 aliphatic heterocycles. The normalized spacial score (nSPS) is 30.4. The highest BCUT2D eigenvalue weighted by Crippen LogP contribution is 2.57. The summed E-state index contributed by atoms with van der Waals surface area (Å²) >= 11 is 0.